The molecule has 2 heterocycles. The second-order valence-corrected chi connectivity index (χ2v) is 7.73. The number of carbonyl (C=O) groups excluding carboxylic acids is 1. The minimum Gasteiger partial charge on any atom is -0.371 e. The maximum Gasteiger partial charge on any atom is 0.254 e. The molecule has 9 heteroatoms. The highest BCUT2D eigenvalue weighted by molar-refractivity contribution is 5.98. The normalized spacial score (nSPS) is 15.6. The van der Waals surface area contributed by atoms with Crippen molar-refractivity contribution in [1.82, 2.24) is 9.78 Å². The van der Waals surface area contributed by atoms with Crippen LogP contribution in [-0.4, -0.2) is 35.3 Å². The second-order valence-electron chi connectivity index (χ2n) is 7.73. The van der Waals surface area contributed by atoms with E-state index >= 15 is 0 Å². The minimum absolute atomic E-state index is 0.227. The molecule has 0 spiro atoms. The van der Waals surface area contributed by atoms with Crippen molar-refractivity contribution < 1.29 is 13.6 Å². The predicted octanol–water partition coefficient (Wildman–Crippen LogP) is 2.96. The van der Waals surface area contributed by atoms with E-state index in [1.807, 2.05) is 6.07 Å². The number of primary amides is 1. The first-order valence-corrected chi connectivity index (χ1v) is 10.0. The lowest BCUT2D eigenvalue weighted by molar-refractivity contribution is 0.100. The highest BCUT2D eigenvalue weighted by Crippen LogP contribution is 2.33. The van der Waals surface area contributed by atoms with Gasteiger partial charge in [-0.1, -0.05) is 6.07 Å². The maximum absolute atomic E-state index is 13.6. The molecular formula is C22H24F2N6O. The molecular weight excluding hydrogens is 402 g/mol. The van der Waals surface area contributed by atoms with E-state index in [9.17, 15) is 13.6 Å². The van der Waals surface area contributed by atoms with Gasteiger partial charge in [0.05, 0.1) is 5.54 Å². The van der Waals surface area contributed by atoms with Crippen LogP contribution in [0.25, 0.3) is 0 Å². The van der Waals surface area contributed by atoms with Crippen LogP contribution in [0.1, 0.15) is 23.2 Å². The molecule has 7 nitrogen and oxygen atoms in total. The van der Waals surface area contributed by atoms with Gasteiger partial charge in [-0.05, 0) is 55.3 Å². The van der Waals surface area contributed by atoms with Crippen LogP contribution < -0.4 is 21.7 Å². The average molecular weight is 426 g/mol. The van der Waals surface area contributed by atoms with Gasteiger partial charge in [-0.15, -0.1) is 0 Å². The first-order chi connectivity index (χ1) is 14.9. The summed E-state index contributed by atoms with van der Waals surface area (Å²) in [5.74, 6) is -0.971. The zero-order chi connectivity index (χ0) is 22.0. The van der Waals surface area contributed by atoms with E-state index in [0.29, 0.717) is 44.0 Å². The number of benzene rings is 2. The Kier molecular flexibility index (Phi) is 5.60. The number of piperidine rings is 1. The molecule has 31 heavy (non-hydrogen) atoms. The van der Waals surface area contributed by atoms with Crippen LogP contribution in [0.2, 0.25) is 0 Å². The van der Waals surface area contributed by atoms with Gasteiger partial charge >= 0.3 is 0 Å². The van der Waals surface area contributed by atoms with E-state index in [1.165, 1.54) is 24.3 Å². The Bertz CT molecular complexity index is 1070. The monoisotopic (exact) mass is 426 g/mol. The zero-order valence-corrected chi connectivity index (χ0v) is 16.9. The highest BCUT2D eigenvalue weighted by atomic mass is 19.1. The molecule has 1 amide bonds. The van der Waals surface area contributed by atoms with Gasteiger partial charge < -0.3 is 21.7 Å². The number of hydrogen-bond donors (Lipinski definition) is 3. The molecule has 1 aliphatic rings. The van der Waals surface area contributed by atoms with Gasteiger partial charge in [0, 0.05) is 37.2 Å². The molecule has 0 atom stereocenters. The van der Waals surface area contributed by atoms with Crippen LogP contribution in [0, 0.1) is 11.6 Å². The number of rotatable bonds is 6. The number of nitrogens with one attached hydrogen (secondary N) is 1. The Hall–Kier alpha value is -3.46. The number of anilines is 3. The number of carbonyl (C=O) groups is 1. The summed E-state index contributed by atoms with van der Waals surface area (Å²) in [5.41, 5.74) is 12.9. The summed E-state index contributed by atoms with van der Waals surface area (Å²) in [7, 11) is 0. The van der Waals surface area contributed by atoms with Crippen molar-refractivity contribution in [3.05, 3.63) is 71.9 Å². The van der Waals surface area contributed by atoms with Crippen LogP contribution in [-0.2, 0) is 5.54 Å². The third-order valence-corrected chi connectivity index (χ3v) is 5.82. The quantitative estimate of drug-likeness (QED) is 0.563. The number of nitrogens with zero attached hydrogens (tertiary/aromatic N) is 3. The number of nitrogens with two attached hydrogens (primary N) is 2. The Labute approximate surface area is 178 Å². The van der Waals surface area contributed by atoms with Gasteiger partial charge in [0.2, 0.25) is 0 Å². The fraction of sp³-hybridized carbons (Fsp3) is 0.273. The maximum atomic E-state index is 13.6. The molecule has 1 aliphatic heterocycles. The topological polar surface area (TPSA) is 102 Å². The average Bonchev–Trinajstić information content (AvgIpc) is 3.20. The molecule has 1 saturated heterocycles. The summed E-state index contributed by atoms with van der Waals surface area (Å²) in [6.07, 6.45) is 2.94. The third-order valence-electron chi connectivity index (χ3n) is 5.82. The van der Waals surface area contributed by atoms with Gasteiger partial charge in [0.25, 0.3) is 5.91 Å². The minimum atomic E-state index is -0.625. The first-order valence-electron chi connectivity index (χ1n) is 10.0. The Morgan fingerprint density at radius 1 is 1.10 bits per heavy atom. The molecule has 4 rings (SSSR count). The van der Waals surface area contributed by atoms with Crippen LogP contribution in [0.3, 0.4) is 0 Å². The summed E-state index contributed by atoms with van der Waals surface area (Å²) in [5, 5.41) is 7.61. The summed E-state index contributed by atoms with van der Waals surface area (Å²) in [6, 6.07) is 12.2. The number of aromatic nitrogens is 2. The van der Waals surface area contributed by atoms with Crippen molar-refractivity contribution in [2.75, 3.05) is 29.9 Å². The first kappa shape index (κ1) is 20.8. The molecule has 0 unspecified atom stereocenters. The van der Waals surface area contributed by atoms with Crippen molar-refractivity contribution in [3.63, 3.8) is 0 Å². The van der Waals surface area contributed by atoms with E-state index in [2.05, 4.69) is 15.3 Å². The van der Waals surface area contributed by atoms with Crippen LogP contribution >= 0.6 is 0 Å². The van der Waals surface area contributed by atoms with Crippen LogP contribution in [0.4, 0.5) is 26.0 Å². The van der Waals surface area contributed by atoms with Crippen molar-refractivity contribution in [3.8, 4) is 0 Å². The largest absolute Gasteiger partial charge is 0.371 e. The van der Waals surface area contributed by atoms with Gasteiger partial charge in [0.15, 0.2) is 5.82 Å². The van der Waals surface area contributed by atoms with E-state index in [0.717, 1.165) is 5.69 Å². The van der Waals surface area contributed by atoms with Crippen molar-refractivity contribution >= 4 is 23.1 Å². The van der Waals surface area contributed by atoms with E-state index in [4.69, 9.17) is 11.5 Å². The second kappa shape index (κ2) is 8.35. The molecule has 0 saturated carbocycles. The Morgan fingerprint density at radius 2 is 1.81 bits per heavy atom. The van der Waals surface area contributed by atoms with Crippen molar-refractivity contribution in [2.24, 2.45) is 11.5 Å². The third kappa shape index (κ3) is 4.22. The van der Waals surface area contributed by atoms with Crippen molar-refractivity contribution in [1.29, 1.82) is 0 Å². The smallest absolute Gasteiger partial charge is 0.254 e. The molecule has 1 fully saturated rings. The Morgan fingerprint density at radius 3 is 2.42 bits per heavy atom. The van der Waals surface area contributed by atoms with Crippen molar-refractivity contribution in [2.45, 2.75) is 18.4 Å². The van der Waals surface area contributed by atoms with Gasteiger partial charge in [-0.25, -0.2) is 8.78 Å². The molecule has 2 aromatic carbocycles. The van der Waals surface area contributed by atoms with E-state index in [1.54, 1.807) is 29.1 Å². The summed E-state index contributed by atoms with van der Waals surface area (Å²) >= 11 is 0. The summed E-state index contributed by atoms with van der Waals surface area (Å²) < 4.78 is 28.5. The highest BCUT2D eigenvalue weighted by Gasteiger charge is 2.37. The molecule has 0 aliphatic carbocycles. The lowest BCUT2D eigenvalue weighted by Crippen LogP contribution is -2.50. The van der Waals surface area contributed by atoms with Crippen LogP contribution in [0.15, 0.2) is 54.7 Å². The SMILES string of the molecule is NCC1(n2cc(C(N)=O)c(Nc3ccc(F)cc3)n2)CCN(c2cccc(F)c2)CC1. The number of halogens is 2. The van der Waals surface area contributed by atoms with Gasteiger partial charge in [-0.3, -0.25) is 9.48 Å². The van der Waals surface area contributed by atoms with E-state index in [-0.39, 0.29) is 17.2 Å². The predicted molar refractivity (Wildman–Crippen MR) is 115 cm³/mol. The standard InChI is InChI=1S/C22H24F2N6O/c23-15-4-6-17(7-5-15)27-21-19(20(26)31)13-30(28-21)22(14-25)8-10-29(11-9-22)18-3-1-2-16(24)12-18/h1-7,12-13H,8-11,14,25H2,(H2,26,31)(H,27,28). The molecule has 162 valence electrons. The molecule has 1 aromatic heterocycles. The van der Waals surface area contributed by atoms with Gasteiger partial charge in [-0.2, -0.15) is 5.10 Å². The fourth-order valence-electron chi connectivity index (χ4n) is 3.94. The van der Waals surface area contributed by atoms with E-state index < -0.39 is 11.4 Å². The molecule has 3 aromatic rings. The Balaban J connectivity index is 1.58. The number of hydrogen-bond acceptors (Lipinski definition) is 5. The zero-order valence-electron chi connectivity index (χ0n) is 16.9. The molecule has 0 radical (unpaired) electrons. The molecule has 0 bridgehead atoms. The summed E-state index contributed by atoms with van der Waals surface area (Å²) in [4.78, 5) is 14.1. The molecule has 5 N–H and O–H groups in total. The number of amides is 1. The summed E-state index contributed by atoms with van der Waals surface area (Å²) in [6.45, 7) is 1.64. The lowest BCUT2D eigenvalue weighted by atomic mass is 9.87. The van der Waals surface area contributed by atoms with Gasteiger partial charge in [0.1, 0.15) is 17.2 Å². The van der Waals surface area contributed by atoms with Crippen LogP contribution in [0.5, 0.6) is 0 Å². The fourth-order valence-corrected chi connectivity index (χ4v) is 3.94. The lowest BCUT2D eigenvalue weighted by Gasteiger charge is -2.42.